The summed E-state index contributed by atoms with van der Waals surface area (Å²) in [6, 6.07) is 0. The highest BCUT2D eigenvalue weighted by Crippen LogP contribution is 2.68. The summed E-state index contributed by atoms with van der Waals surface area (Å²) in [6.07, 6.45) is 5.04. The second kappa shape index (κ2) is 8.75. The Morgan fingerprint density at radius 3 is 2.09 bits per heavy atom. The molecular formula is C29H52O4. The third-order valence-corrected chi connectivity index (χ3v) is 12.0. The minimum Gasteiger partial charge on any atom is -0.393 e. The molecule has 0 aromatic carbocycles. The van der Waals surface area contributed by atoms with Crippen LogP contribution in [0.25, 0.3) is 0 Å². The van der Waals surface area contributed by atoms with E-state index in [1.54, 1.807) is 0 Å². The third kappa shape index (κ3) is 4.13. The second-order valence-corrected chi connectivity index (χ2v) is 14.5. The van der Waals surface area contributed by atoms with Crippen molar-refractivity contribution in [2.75, 3.05) is 0 Å². The van der Waals surface area contributed by atoms with Gasteiger partial charge in [-0.2, -0.15) is 0 Å². The highest BCUT2D eigenvalue weighted by molar-refractivity contribution is 5.14. The zero-order chi connectivity index (χ0) is 24.5. The maximum absolute atomic E-state index is 11.2. The maximum Gasteiger partial charge on any atom is 0.106 e. The molecule has 0 amide bonds. The van der Waals surface area contributed by atoms with Gasteiger partial charge in [0.15, 0.2) is 0 Å². The average molecular weight is 465 g/mol. The van der Waals surface area contributed by atoms with Gasteiger partial charge in [0.2, 0.25) is 0 Å². The minimum absolute atomic E-state index is 0.312. The first-order chi connectivity index (χ1) is 15.2. The van der Waals surface area contributed by atoms with E-state index in [9.17, 15) is 20.4 Å². The Kier molecular flexibility index (Phi) is 6.87. The van der Waals surface area contributed by atoms with Gasteiger partial charge in [-0.25, -0.2) is 0 Å². The predicted octanol–water partition coefficient (Wildman–Crippen LogP) is 5.02. The van der Waals surface area contributed by atoms with E-state index in [1.807, 2.05) is 0 Å². The topological polar surface area (TPSA) is 80.9 Å². The summed E-state index contributed by atoms with van der Waals surface area (Å²) in [6.45, 7) is 16.7. The Labute approximate surface area is 202 Å². The van der Waals surface area contributed by atoms with Gasteiger partial charge >= 0.3 is 0 Å². The zero-order valence-electron chi connectivity index (χ0n) is 22.3. The summed E-state index contributed by atoms with van der Waals surface area (Å²) < 4.78 is 0. The number of hydrogen-bond acceptors (Lipinski definition) is 4. The van der Waals surface area contributed by atoms with E-state index in [-0.39, 0.29) is 11.3 Å². The lowest BCUT2D eigenvalue weighted by atomic mass is 9.43. The molecule has 4 heteroatoms. The van der Waals surface area contributed by atoms with E-state index in [1.165, 1.54) is 32.1 Å². The van der Waals surface area contributed by atoms with E-state index < -0.39 is 24.4 Å². The van der Waals surface area contributed by atoms with Crippen molar-refractivity contribution in [3.05, 3.63) is 0 Å². The van der Waals surface area contributed by atoms with Gasteiger partial charge in [-0.1, -0.05) is 54.9 Å². The molecule has 4 nitrogen and oxygen atoms in total. The quantitative estimate of drug-likeness (QED) is 0.471. The predicted molar refractivity (Wildman–Crippen MR) is 132 cm³/mol. The molecule has 13 unspecified atom stereocenters. The standard InChI is InChI=1S/C29H52O4/c1-16(8-9-17(2)27(3,4)5)19-10-11-20-18-14-22(30)24-26(33)25(32)23(31)15-29(24,7)21(18)12-13-28(19,20)6/h16-26,30-33H,8-15H2,1-7H3. The van der Waals surface area contributed by atoms with Gasteiger partial charge in [-0.15, -0.1) is 0 Å². The SMILES string of the molecule is CC(CCC(C)C(C)(C)C)C1CCC2C3CC(O)C4C(O)C(O)C(O)CC4(C)C3CCC12C. The Hall–Kier alpha value is -0.160. The van der Waals surface area contributed by atoms with Crippen molar-refractivity contribution in [1.82, 2.24) is 0 Å². The fourth-order valence-electron chi connectivity index (χ4n) is 9.59. The van der Waals surface area contributed by atoms with Gasteiger partial charge in [0.05, 0.1) is 18.3 Å². The van der Waals surface area contributed by atoms with Gasteiger partial charge < -0.3 is 20.4 Å². The lowest BCUT2D eigenvalue weighted by Crippen LogP contribution is -2.65. The molecule has 0 aliphatic heterocycles. The lowest BCUT2D eigenvalue weighted by molar-refractivity contribution is -0.237. The first kappa shape index (κ1) is 25.9. The third-order valence-electron chi connectivity index (χ3n) is 12.0. The number of rotatable bonds is 4. The molecule has 0 bridgehead atoms. The molecule has 4 saturated carbocycles. The summed E-state index contributed by atoms with van der Waals surface area (Å²) in [4.78, 5) is 0. The van der Waals surface area contributed by atoms with E-state index in [0.717, 1.165) is 30.6 Å². The van der Waals surface area contributed by atoms with Crippen LogP contribution < -0.4 is 0 Å². The van der Waals surface area contributed by atoms with Gasteiger partial charge in [-0.3, -0.25) is 0 Å². The van der Waals surface area contributed by atoms with E-state index in [4.69, 9.17) is 0 Å². The first-order valence-corrected chi connectivity index (χ1v) is 13.9. The van der Waals surface area contributed by atoms with Crippen LogP contribution in [0.4, 0.5) is 0 Å². The molecule has 4 aliphatic carbocycles. The highest BCUT2D eigenvalue weighted by atomic mass is 16.4. The Morgan fingerprint density at radius 1 is 0.818 bits per heavy atom. The second-order valence-electron chi connectivity index (χ2n) is 14.5. The Bertz CT molecular complexity index is 702. The van der Waals surface area contributed by atoms with Crippen LogP contribution in [0.3, 0.4) is 0 Å². The fraction of sp³-hybridized carbons (Fsp3) is 1.00. The molecule has 192 valence electrons. The normalized spacial score (nSPS) is 51.9. The molecular weight excluding hydrogens is 412 g/mol. The summed E-state index contributed by atoms with van der Waals surface area (Å²) in [7, 11) is 0. The van der Waals surface area contributed by atoms with Crippen LogP contribution in [0.1, 0.15) is 99.8 Å². The largest absolute Gasteiger partial charge is 0.393 e. The van der Waals surface area contributed by atoms with E-state index in [0.29, 0.717) is 35.0 Å². The van der Waals surface area contributed by atoms with Crippen molar-refractivity contribution in [3.63, 3.8) is 0 Å². The van der Waals surface area contributed by atoms with Crippen molar-refractivity contribution in [2.24, 2.45) is 57.7 Å². The molecule has 0 aromatic heterocycles. The van der Waals surface area contributed by atoms with Crippen molar-refractivity contribution in [1.29, 1.82) is 0 Å². The smallest absolute Gasteiger partial charge is 0.106 e. The summed E-state index contributed by atoms with van der Waals surface area (Å²) in [5.41, 5.74) is 0.389. The molecule has 13 atom stereocenters. The van der Waals surface area contributed by atoms with Gasteiger partial charge in [-0.05, 0) is 96.7 Å². The molecule has 0 aromatic rings. The number of aliphatic hydroxyl groups is 4. The van der Waals surface area contributed by atoms with Crippen molar-refractivity contribution < 1.29 is 20.4 Å². The number of fused-ring (bicyclic) bond motifs is 5. The molecule has 4 N–H and O–H groups in total. The van der Waals surface area contributed by atoms with Crippen LogP contribution in [0.15, 0.2) is 0 Å². The molecule has 0 heterocycles. The first-order valence-electron chi connectivity index (χ1n) is 13.9. The van der Waals surface area contributed by atoms with Crippen LogP contribution in [-0.2, 0) is 0 Å². The molecule has 0 spiro atoms. The van der Waals surface area contributed by atoms with Crippen molar-refractivity contribution in [2.45, 2.75) is 124 Å². The summed E-state index contributed by atoms with van der Waals surface area (Å²) in [5, 5.41) is 42.9. The summed E-state index contributed by atoms with van der Waals surface area (Å²) in [5.74, 6) is 3.37. The average Bonchev–Trinajstić information content (AvgIpc) is 3.06. The van der Waals surface area contributed by atoms with Crippen LogP contribution >= 0.6 is 0 Å². The van der Waals surface area contributed by atoms with Crippen LogP contribution in [0, 0.1) is 57.7 Å². The maximum atomic E-state index is 11.2. The Balaban J connectivity index is 1.52. The summed E-state index contributed by atoms with van der Waals surface area (Å²) >= 11 is 0. The highest BCUT2D eigenvalue weighted by Gasteiger charge is 2.65. The number of hydrogen-bond donors (Lipinski definition) is 4. The van der Waals surface area contributed by atoms with E-state index in [2.05, 4.69) is 48.5 Å². The molecule has 4 aliphatic rings. The lowest BCUT2D eigenvalue weighted by Gasteiger charge is -2.63. The van der Waals surface area contributed by atoms with Gasteiger partial charge in [0, 0.05) is 5.92 Å². The fourth-order valence-corrected chi connectivity index (χ4v) is 9.59. The van der Waals surface area contributed by atoms with Crippen LogP contribution in [0.5, 0.6) is 0 Å². The van der Waals surface area contributed by atoms with Crippen LogP contribution in [0.2, 0.25) is 0 Å². The molecule has 0 saturated heterocycles. The van der Waals surface area contributed by atoms with Gasteiger partial charge in [0.25, 0.3) is 0 Å². The van der Waals surface area contributed by atoms with Crippen LogP contribution in [-0.4, -0.2) is 44.8 Å². The zero-order valence-corrected chi connectivity index (χ0v) is 22.3. The van der Waals surface area contributed by atoms with Gasteiger partial charge in [0.1, 0.15) is 6.10 Å². The van der Waals surface area contributed by atoms with E-state index >= 15 is 0 Å². The molecule has 0 radical (unpaired) electrons. The molecule has 4 fully saturated rings. The minimum atomic E-state index is -1.14. The van der Waals surface area contributed by atoms with Crippen molar-refractivity contribution in [3.8, 4) is 0 Å². The molecule has 4 rings (SSSR count). The molecule has 33 heavy (non-hydrogen) atoms. The van der Waals surface area contributed by atoms with Crippen molar-refractivity contribution >= 4 is 0 Å². The Morgan fingerprint density at radius 2 is 1.45 bits per heavy atom. The number of aliphatic hydroxyl groups excluding tert-OH is 4. The monoisotopic (exact) mass is 464 g/mol.